The fraction of sp³-hybridized carbons (Fsp3) is 0.333. The van der Waals surface area contributed by atoms with Gasteiger partial charge in [-0.15, -0.1) is 10.2 Å². The van der Waals surface area contributed by atoms with E-state index in [-0.39, 0.29) is 11.2 Å². The molecule has 0 fully saturated rings. The van der Waals surface area contributed by atoms with Gasteiger partial charge in [0.1, 0.15) is 10.8 Å². The van der Waals surface area contributed by atoms with Crippen LogP contribution in [0, 0.1) is 6.92 Å². The van der Waals surface area contributed by atoms with E-state index in [1.165, 1.54) is 18.9 Å². The second kappa shape index (κ2) is 5.92. The van der Waals surface area contributed by atoms with E-state index < -0.39 is 0 Å². The summed E-state index contributed by atoms with van der Waals surface area (Å²) in [6.07, 6.45) is 0.643. The highest BCUT2D eigenvalue weighted by molar-refractivity contribution is 8.00. The number of carbonyl (C=O) groups excluding carboxylic acids is 1. The van der Waals surface area contributed by atoms with E-state index in [2.05, 4.69) is 26.2 Å². The summed E-state index contributed by atoms with van der Waals surface area (Å²) in [6.45, 7) is 3.96. The Labute approximate surface area is 131 Å². The largest absolute Gasteiger partial charge is 0.468 e. The van der Waals surface area contributed by atoms with E-state index >= 15 is 0 Å². The quantitative estimate of drug-likeness (QED) is 0.589. The summed E-state index contributed by atoms with van der Waals surface area (Å²) in [6, 6.07) is 6.09. The number of nitrogens with zero attached hydrogens (tertiary/aromatic N) is 3. The highest BCUT2D eigenvalue weighted by atomic mass is 32.2. The Morgan fingerprint density at radius 2 is 2.23 bits per heavy atom. The topological polar surface area (TPSA) is 80.8 Å². The van der Waals surface area contributed by atoms with Gasteiger partial charge in [0.2, 0.25) is 5.16 Å². The number of ether oxygens (including phenoxy) is 1. The molecule has 1 N–H and O–H groups in total. The zero-order valence-corrected chi connectivity index (χ0v) is 13.4. The van der Waals surface area contributed by atoms with Crippen LogP contribution in [0.5, 0.6) is 0 Å². The molecule has 0 aliphatic rings. The Balaban J connectivity index is 1.99. The van der Waals surface area contributed by atoms with Crippen LogP contribution in [0.2, 0.25) is 0 Å². The Kier molecular flexibility index (Phi) is 3.98. The summed E-state index contributed by atoms with van der Waals surface area (Å²) in [5.74, 6) is -0.275. The Morgan fingerprint density at radius 3 is 2.95 bits per heavy atom. The van der Waals surface area contributed by atoms with Gasteiger partial charge in [-0.1, -0.05) is 30.3 Å². The minimum Gasteiger partial charge on any atom is -0.468 e. The van der Waals surface area contributed by atoms with Crippen LogP contribution < -0.4 is 0 Å². The number of hydrogen-bond donors (Lipinski definition) is 1. The second-order valence-electron chi connectivity index (χ2n) is 5.00. The molecule has 114 valence electrons. The highest BCUT2D eigenvalue weighted by Gasteiger charge is 2.20. The molecular weight excluding hydrogens is 300 g/mol. The van der Waals surface area contributed by atoms with Crippen molar-refractivity contribution in [3.05, 3.63) is 23.8 Å². The standard InChI is InChI=1S/C15H16N4O2S/c1-4-11(14(20)21-3)22-15-17-13-12(18-19-15)9-7-8(2)5-6-10(9)16-13/h5-7,11H,4H2,1-3H3,(H,16,17,19). The van der Waals surface area contributed by atoms with Gasteiger partial charge in [0, 0.05) is 10.9 Å². The van der Waals surface area contributed by atoms with Crippen LogP contribution in [0.15, 0.2) is 23.4 Å². The second-order valence-corrected chi connectivity index (χ2v) is 6.17. The molecule has 22 heavy (non-hydrogen) atoms. The van der Waals surface area contributed by atoms with Gasteiger partial charge in [0.25, 0.3) is 0 Å². The fourth-order valence-corrected chi connectivity index (χ4v) is 3.12. The molecule has 1 atom stereocenters. The van der Waals surface area contributed by atoms with Crippen molar-refractivity contribution in [2.45, 2.75) is 30.7 Å². The Bertz CT molecular complexity index is 846. The number of esters is 1. The van der Waals surface area contributed by atoms with Gasteiger partial charge in [0.05, 0.1) is 7.11 Å². The molecule has 7 heteroatoms. The van der Waals surface area contributed by atoms with Crippen LogP contribution in [0.25, 0.3) is 22.1 Å². The van der Waals surface area contributed by atoms with Gasteiger partial charge >= 0.3 is 5.97 Å². The molecule has 0 radical (unpaired) electrons. The van der Waals surface area contributed by atoms with Crippen molar-refractivity contribution in [3.63, 3.8) is 0 Å². The van der Waals surface area contributed by atoms with Gasteiger partial charge in [0.15, 0.2) is 5.65 Å². The highest BCUT2D eigenvalue weighted by Crippen LogP contribution is 2.27. The summed E-state index contributed by atoms with van der Waals surface area (Å²) in [5.41, 5.74) is 3.56. The molecule has 3 rings (SSSR count). The smallest absolute Gasteiger partial charge is 0.319 e. The average molecular weight is 316 g/mol. The van der Waals surface area contributed by atoms with E-state index in [4.69, 9.17) is 4.74 Å². The molecule has 2 heterocycles. The number of benzene rings is 1. The molecule has 2 aromatic heterocycles. The molecule has 1 aromatic carbocycles. The summed E-state index contributed by atoms with van der Waals surface area (Å²) in [7, 11) is 1.38. The number of aromatic nitrogens is 4. The normalized spacial score (nSPS) is 12.7. The zero-order chi connectivity index (χ0) is 15.7. The van der Waals surface area contributed by atoms with Gasteiger partial charge in [-0.25, -0.2) is 4.98 Å². The lowest BCUT2D eigenvalue weighted by Crippen LogP contribution is -2.18. The van der Waals surface area contributed by atoms with Gasteiger partial charge in [-0.05, 0) is 25.5 Å². The Morgan fingerprint density at radius 1 is 1.41 bits per heavy atom. The number of fused-ring (bicyclic) bond motifs is 3. The molecule has 6 nitrogen and oxygen atoms in total. The van der Waals surface area contributed by atoms with Crippen LogP contribution in [-0.4, -0.2) is 38.5 Å². The van der Waals surface area contributed by atoms with E-state index in [0.29, 0.717) is 17.2 Å². The minimum atomic E-state index is -0.323. The first kappa shape index (κ1) is 14.8. The summed E-state index contributed by atoms with van der Waals surface area (Å²) >= 11 is 1.27. The summed E-state index contributed by atoms with van der Waals surface area (Å²) in [4.78, 5) is 19.4. The van der Waals surface area contributed by atoms with E-state index in [0.717, 1.165) is 22.0 Å². The zero-order valence-electron chi connectivity index (χ0n) is 12.6. The average Bonchev–Trinajstić information content (AvgIpc) is 2.88. The lowest BCUT2D eigenvalue weighted by molar-refractivity contribution is -0.140. The van der Waals surface area contributed by atoms with E-state index in [9.17, 15) is 4.79 Å². The molecule has 0 aliphatic carbocycles. The van der Waals surface area contributed by atoms with Gasteiger partial charge in [-0.3, -0.25) is 4.79 Å². The number of hydrogen-bond acceptors (Lipinski definition) is 6. The van der Waals surface area contributed by atoms with Crippen molar-refractivity contribution >= 4 is 39.8 Å². The molecule has 0 aliphatic heterocycles. The monoisotopic (exact) mass is 316 g/mol. The lowest BCUT2D eigenvalue weighted by Gasteiger charge is -2.09. The number of nitrogens with one attached hydrogen (secondary N) is 1. The van der Waals surface area contributed by atoms with Crippen molar-refractivity contribution in [1.82, 2.24) is 20.2 Å². The molecule has 0 saturated carbocycles. The lowest BCUT2D eigenvalue weighted by atomic mass is 10.2. The number of thioether (sulfide) groups is 1. The fourth-order valence-electron chi connectivity index (χ4n) is 2.28. The van der Waals surface area contributed by atoms with Crippen molar-refractivity contribution < 1.29 is 9.53 Å². The van der Waals surface area contributed by atoms with E-state index in [1.807, 2.05) is 26.0 Å². The van der Waals surface area contributed by atoms with Crippen LogP contribution in [0.1, 0.15) is 18.9 Å². The molecule has 3 aromatic rings. The molecule has 0 saturated heterocycles. The van der Waals surface area contributed by atoms with Gasteiger partial charge in [-0.2, -0.15) is 0 Å². The van der Waals surface area contributed by atoms with Crippen molar-refractivity contribution in [2.75, 3.05) is 7.11 Å². The maximum atomic E-state index is 11.7. The predicted molar refractivity (Wildman–Crippen MR) is 85.9 cm³/mol. The number of aromatic amines is 1. The molecule has 0 amide bonds. The number of aryl methyl sites for hydroxylation is 1. The third-order valence-electron chi connectivity index (χ3n) is 3.43. The van der Waals surface area contributed by atoms with Crippen LogP contribution in [0.4, 0.5) is 0 Å². The number of H-pyrrole nitrogens is 1. The first-order valence-corrected chi connectivity index (χ1v) is 7.87. The SMILES string of the molecule is CCC(Sc1nnc2c(n1)[nH]c1ccc(C)cc12)C(=O)OC. The molecule has 0 spiro atoms. The number of carbonyl (C=O) groups is 1. The molecule has 1 unspecified atom stereocenters. The predicted octanol–water partition coefficient (Wildman–Crippen LogP) is 2.86. The molecular formula is C15H16N4O2S. The van der Waals surface area contributed by atoms with Crippen molar-refractivity contribution in [1.29, 1.82) is 0 Å². The van der Waals surface area contributed by atoms with Crippen LogP contribution in [0.3, 0.4) is 0 Å². The third kappa shape index (κ3) is 2.64. The van der Waals surface area contributed by atoms with Crippen molar-refractivity contribution in [3.8, 4) is 0 Å². The number of methoxy groups -OCH3 is 1. The van der Waals surface area contributed by atoms with Crippen LogP contribution >= 0.6 is 11.8 Å². The first-order valence-electron chi connectivity index (χ1n) is 6.99. The summed E-state index contributed by atoms with van der Waals surface area (Å²) < 4.78 is 4.78. The third-order valence-corrected chi connectivity index (χ3v) is 4.63. The number of rotatable bonds is 4. The minimum absolute atomic E-state index is 0.275. The maximum absolute atomic E-state index is 11.7. The van der Waals surface area contributed by atoms with E-state index in [1.54, 1.807) is 0 Å². The first-order chi connectivity index (χ1) is 10.6. The van der Waals surface area contributed by atoms with Crippen molar-refractivity contribution in [2.24, 2.45) is 0 Å². The maximum Gasteiger partial charge on any atom is 0.319 e. The van der Waals surface area contributed by atoms with Gasteiger partial charge < -0.3 is 9.72 Å². The van der Waals surface area contributed by atoms with Crippen LogP contribution in [-0.2, 0) is 9.53 Å². The summed E-state index contributed by atoms with van der Waals surface area (Å²) in [5, 5.41) is 9.55. The Hall–Kier alpha value is -2.15. The molecule has 0 bridgehead atoms.